The van der Waals surface area contributed by atoms with E-state index in [1.165, 1.54) is 0 Å². The fraction of sp³-hybridized carbons (Fsp3) is 0.900. The van der Waals surface area contributed by atoms with E-state index in [2.05, 4.69) is 11.4 Å². The molecule has 1 heterocycles. The number of nitrogens with zero attached hydrogens (tertiary/aromatic N) is 1. The summed E-state index contributed by atoms with van der Waals surface area (Å²) in [5.41, 5.74) is -0.846. The Hall–Kier alpha value is -0.600. The van der Waals surface area contributed by atoms with Crippen molar-refractivity contribution in [2.75, 3.05) is 18.1 Å². The maximum atomic E-state index is 11.5. The summed E-state index contributed by atoms with van der Waals surface area (Å²) in [5.74, 6) is 0.600. The third kappa shape index (κ3) is 3.47. The van der Waals surface area contributed by atoms with Crippen LogP contribution in [0.4, 0.5) is 0 Å². The minimum Gasteiger partial charge on any atom is -0.298 e. The van der Waals surface area contributed by atoms with Gasteiger partial charge in [-0.1, -0.05) is 13.8 Å². The predicted octanol–water partition coefficient (Wildman–Crippen LogP) is 0.703. The average Bonchev–Trinajstić information content (AvgIpc) is 2.13. The first-order valence-electron chi connectivity index (χ1n) is 5.26. The minimum absolute atomic E-state index is 0.0385. The fourth-order valence-electron chi connectivity index (χ4n) is 1.78. The van der Waals surface area contributed by atoms with Crippen molar-refractivity contribution in [3.05, 3.63) is 0 Å². The fourth-order valence-corrected chi connectivity index (χ4v) is 3.57. The summed E-state index contributed by atoms with van der Waals surface area (Å²) in [5, 5.41) is 12.2. The molecule has 1 N–H and O–H groups in total. The first-order valence-corrected chi connectivity index (χ1v) is 7.08. The van der Waals surface area contributed by atoms with Gasteiger partial charge in [-0.2, -0.15) is 5.26 Å². The largest absolute Gasteiger partial charge is 0.298 e. The quantitative estimate of drug-likeness (QED) is 0.775. The third-order valence-electron chi connectivity index (χ3n) is 2.59. The van der Waals surface area contributed by atoms with E-state index in [4.69, 9.17) is 5.26 Å². The van der Waals surface area contributed by atoms with Gasteiger partial charge in [-0.25, -0.2) is 8.42 Å². The molecule has 0 spiro atoms. The zero-order valence-corrected chi connectivity index (χ0v) is 10.1. The van der Waals surface area contributed by atoms with Crippen LogP contribution in [-0.4, -0.2) is 32.0 Å². The van der Waals surface area contributed by atoms with Gasteiger partial charge >= 0.3 is 0 Å². The van der Waals surface area contributed by atoms with E-state index < -0.39 is 15.4 Å². The molecule has 0 aromatic heterocycles. The van der Waals surface area contributed by atoms with Gasteiger partial charge in [0, 0.05) is 0 Å². The van der Waals surface area contributed by atoms with Crippen molar-refractivity contribution in [2.24, 2.45) is 5.92 Å². The number of hydrogen-bond donors (Lipinski definition) is 1. The van der Waals surface area contributed by atoms with E-state index in [1.807, 2.05) is 13.8 Å². The van der Waals surface area contributed by atoms with Crippen LogP contribution in [0, 0.1) is 17.2 Å². The Kier molecular flexibility index (Phi) is 3.74. The predicted molar refractivity (Wildman–Crippen MR) is 59.1 cm³/mol. The summed E-state index contributed by atoms with van der Waals surface area (Å²) < 4.78 is 23.0. The highest BCUT2D eigenvalue weighted by atomic mass is 32.2. The first-order chi connectivity index (χ1) is 6.89. The van der Waals surface area contributed by atoms with Gasteiger partial charge in [-0.15, -0.1) is 0 Å². The van der Waals surface area contributed by atoms with Crippen molar-refractivity contribution in [2.45, 2.75) is 32.2 Å². The summed E-state index contributed by atoms with van der Waals surface area (Å²) in [6.07, 6.45) is 1.22. The maximum Gasteiger partial charge on any atom is 0.153 e. The molecule has 0 aliphatic carbocycles. The van der Waals surface area contributed by atoms with Crippen molar-refractivity contribution < 1.29 is 8.42 Å². The molecule has 0 bridgehead atoms. The second kappa shape index (κ2) is 4.50. The molecule has 0 saturated carbocycles. The van der Waals surface area contributed by atoms with Crippen molar-refractivity contribution in [3.8, 4) is 6.07 Å². The zero-order chi connectivity index (χ0) is 11.5. The molecule has 0 aromatic rings. The molecule has 1 saturated heterocycles. The van der Waals surface area contributed by atoms with E-state index in [0.717, 1.165) is 0 Å². The lowest BCUT2D eigenvalue weighted by atomic mass is 9.96. The lowest BCUT2D eigenvalue weighted by molar-refractivity contribution is 0.375. The molecule has 0 aromatic carbocycles. The van der Waals surface area contributed by atoms with Crippen LogP contribution in [-0.2, 0) is 9.84 Å². The summed E-state index contributed by atoms with van der Waals surface area (Å²) in [6, 6.07) is 2.14. The Morgan fingerprint density at radius 2 is 2.20 bits per heavy atom. The lowest BCUT2D eigenvalue weighted by Gasteiger charge is -2.32. The van der Waals surface area contributed by atoms with Gasteiger partial charge in [0.2, 0.25) is 0 Å². The molecule has 1 fully saturated rings. The van der Waals surface area contributed by atoms with Crippen LogP contribution in [0.2, 0.25) is 0 Å². The number of rotatable bonds is 3. The Labute approximate surface area is 91.6 Å². The van der Waals surface area contributed by atoms with E-state index in [1.54, 1.807) is 0 Å². The van der Waals surface area contributed by atoms with Crippen LogP contribution >= 0.6 is 0 Å². The molecule has 5 heteroatoms. The minimum atomic E-state index is -3.04. The normalized spacial score (nSPS) is 30.0. The second-order valence-corrected chi connectivity index (χ2v) is 6.85. The molecule has 86 valence electrons. The van der Waals surface area contributed by atoms with E-state index in [0.29, 0.717) is 25.3 Å². The van der Waals surface area contributed by atoms with E-state index in [-0.39, 0.29) is 11.5 Å². The van der Waals surface area contributed by atoms with Gasteiger partial charge in [0.25, 0.3) is 0 Å². The summed E-state index contributed by atoms with van der Waals surface area (Å²) in [7, 11) is -3.04. The second-order valence-electron chi connectivity index (χ2n) is 4.66. The summed E-state index contributed by atoms with van der Waals surface area (Å²) in [4.78, 5) is 0. The van der Waals surface area contributed by atoms with Crippen LogP contribution in [0.25, 0.3) is 0 Å². The SMILES string of the molecule is CC(C)CNC1(C#N)CCCS(=O)(=O)C1. The molecule has 0 amide bonds. The number of nitrogens with one attached hydrogen (secondary N) is 1. The summed E-state index contributed by atoms with van der Waals surface area (Å²) >= 11 is 0. The molecule has 4 nitrogen and oxygen atoms in total. The highest BCUT2D eigenvalue weighted by Crippen LogP contribution is 2.22. The maximum absolute atomic E-state index is 11.5. The van der Waals surface area contributed by atoms with Gasteiger partial charge < -0.3 is 0 Å². The molecule has 15 heavy (non-hydrogen) atoms. The van der Waals surface area contributed by atoms with Crippen LogP contribution in [0.3, 0.4) is 0 Å². The monoisotopic (exact) mass is 230 g/mol. The number of sulfone groups is 1. The van der Waals surface area contributed by atoms with Crippen molar-refractivity contribution in [3.63, 3.8) is 0 Å². The Balaban J connectivity index is 2.73. The van der Waals surface area contributed by atoms with Crippen LogP contribution < -0.4 is 5.32 Å². The third-order valence-corrected chi connectivity index (χ3v) is 4.43. The zero-order valence-electron chi connectivity index (χ0n) is 9.28. The molecular weight excluding hydrogens is 212 g/mol. The first kappa shape index (κ1) is 12.5. The summed E-state index contributed by atoms with van der Waals surface area (Å²) in [6.45, 7) is 4.76. The average molecular weight is 230 g/mol. The Bertz CT molecular complexity index is 356. The van der Waals surface area contributed by atoms with Gasteiger partial charge in [0.05, 0.1) is 17.6 Å². The van der Waals surface area contributed by atoms with Gasteiger partial charge in [-0.3, -0.25) is 5.32 Å². The van der Waals surface area contributed by atoms with Crippen LogP contribution in [0.5, 0.6) is 0 Å². The Morgan fingerprint density at radius 1 is 1.53 bits per heavy atom. The van der Waals surface area contributed by atoms with Crippen LogP contribution in [0.15, 0.2) is 0 Å². The standard InChI is InChI=1S/C10H18N2O2S/c1-9(2)6-12-10(7-11)4-3-5-15(13,14)8-10/h9,12H,3-6,8H2,1-2H3. The van der Waals surface area contributed by atoms with Gasteiger partial charge in [0.15, 0.2) is 9.84 Å². The number of hydrogen-bond acceptors (Lipinski definition) is 4. The molecule has 1 unspecified atom stereocenters. The highest BCUT2D eigenvalue weighted by Gasteiger charge is 2.38. The molecule has 1 aliphatic heterocycles. The van der Waals surface area contributed by atoms with E-state index in [9.17, 15) is 8.42 Å². The highest BCUT2D eigenvalue weighted by molar-refractivity contribution is 7.91. The molecular formula is C10H18N2O2S. The smallest absolute Gasteiger partial charge is 0.153 e. The van der Waals surface area contributed by atoms with Gasteiger partial charge in [0.1, 0.15) is 5.54 Å². The van der Waals surface area contributed by atoms with Gasteiger partial charge in [-0.05, 0) is 25.3 Å². The molecule has 1 aliphatic rings. The molecule has 1 rings (SSSR count). The van der Waals surface area contributed by atoms with Crippen molar-refractivity contribution >= 4 is 9.84 Å². The van der Waals surface area contributed by atoms with Crippen molar-refractivity contribution in [1.29, 1.82) is 5.26 Å². The molecule has 0 radical (unpaired) electrons. The topological polar surface area (TPSA) is 70.0 Å². The van der Waals surface area contributed by atoms with Crippen LogP contribution in [0.1, 0.15) is 26.7 Å². The number of nitriles is 1. The van der Waals surface area contributed by atoms with Crippen molar-refractivity contribution in [1.82, 2.24) is 5.32 Å². The Morgan fingerprint density at radius 3 is 2.67 bits per heavy atom. The lowest BCUT2D eigenvalue weighted by Crippen LogP contribution is -2.53. The van der Waals surface area contributed by atoms with E-state index >= 15 is 0 Å². The molecule has 1 atom stereocenters.